The molecule has 0 saturated heterocycles. The molecule has 2 aromatic rings. The zero-order chi connectivity index (χ0) is 31.0. The van der Waals surface area contributed by atoms with Gasteiger partial charge in [-0.15, -0.1) is 0 Å². The molecule has 8 heteroatoms. The van der Waals surface area contributed by atoms with Crippen LogP contribution in [0.15, 0.2) is 48.5 Å². The number of benzene rings is 2. The van der Waals surface area contributed by atoms with Crippen LogP contribution in [0.5, 0.6) is 0 Å². The number of fused-ring (bicyclic) bond motifs is 8. The molecular weight excluding hydrogens is 560 g/mol. The predicted octanol–water partition coefficient (Wildman–Crippen LogP) is 5.54. The topological polar surface area (TPSA) is 105 Å². The molecule has 3 fully saturated rings. The van der Waals surface area contributed by atoms with Gasteiger partial charge in [0.25, 0.3) is 0 Å². The first-order valence-electron chi connectivity index (χ1n) is 16.2. The Balaban J connectivity index is 1.27. The number of carbonyl (C=O) groups excluding carboxylic acids is 4. The minimum atomic E-state index is -1.06. The van der Waals surface area contributed by atoms with Gasteiger partial charge in [-0.05, 0) is 60.8 Å². The molecule has 0 N–H and O–H groups in total. The molecule has 0 amide bonds. The van der Waals surface area contributed by atoms with E-state index in [-0.39, 0.29) is 48.7 Å². The van der Waals surface area contributed by atoms with E-state index >= 15 is 0 Å². The number of hydrogen-bond acceptors (Lipinski definition) is 8. The number of ether oxygens (including phenoxy) is 4. The van der Waals surface area contributed by atoms with Gasteiger partial charge in [0.2, 0.25) is 0 Å². The molecule has 0 radical (unpaired) electrons. The van der Waals surface area contributed by atoms with Crippen LogP contribution in [0, 0.1) is 22.7 Å². The van der Waals surface area contributed by atoms with Crippen molar-refractivity contribution in [2.45, 2.75) is 89.3 Å². The molecule has 3 saturated carbocycles. The van der Waals surface area contributed by atoms with Crippen molar-refractivity contribution in [3.8, 4) is 0 Å². The number of unbranched alkanes of at least 4 members (excludes halogenated alkanes) is 2. The molecule has 9 unspecified atom stereocenters. The second-order valence-electron chi connectivity index (χ2n) is 13.2. The second-order valence-corrected chi connectivity index (χ2v) is 13.2. The van der Waals surface area contributed by atoms with Gasteiger partial charge in [0.1, 0.15) is 0 Å². The molecule has 0 bridgehead atoms. The van der Waals surface area contributed by atoms with E-state index in [1.54, 1.807) is 13.8 Å². The summed E-state index contributed by atoms with van der Waals surface area (Å²) >= 11 is 0. The summed E-state index contributed by atoms with van der Waals surface area (Å²) in [7, 11) is 0. The molecule has 8 nitrogen and oxygen atoms in total. The monoisotopic (exact) mass is 600 g/mol. The van der Waals surface area contributed by atoms with Gasteiger partial charge in [-0.3, -0.25) is 9.59 Å². The fourth-order valence-corrected chi connectivity index (χ4v) is 9.85. The molecule has 0 aromatic heterocycles. The molecule has 2 aromatic carbocycles. The molecule has 0 spiro atoms. The molecule has 5 aliphatic carbocycles. The first-order valence-corrected chi connectivity index (χ1v) is 16.2. The van der Waals surface area contributed by atoms with Crippen molar-refractivity contribution in [3.63, 3.8) is 0 Å². The van der Waals surface area contributed by atoms with E-state index in [1.807, 2.05) is 38.1 Å². The lowest BCUT2D eigenvalue weighted by Gasteiger charge is -2.90. The Morgan fingerprint density at radius 3 is 1.36 bits per heavy atom. The van der Waals surface area contributed by atoms with Crippen molar-refractivity contribution in [3.05, 3.63) is 70.8 Å². The van der Waals surface area contributed by atoms with Gasteiger partial charge in [-0.2, -0.15) is 0 Å². The third-order valence-electron chi connectivity index (χ3n) is 11.3. The van der Waals surface area contributed by atoms with Crippen LogP contribution in [0.4, 0.5) is 0 Å². The maximum atomic E-state index is 14.4. The highest BCUT2D eigenvalue weighted by Crippen LogP contribution is 2.98. The highest BCUT2D eigenvalue weighted by atomic mass is 16.6. The van der Waals surface area contributed by atoms with Gasteiger partial charge in [0, 0.05) is 23.7 Å². The van der Waals surface area contributed by atoms with Crippen molar-refractivity contribution < 1.29 is 38.1 Å². The second kappa shape index (κ2) is 10.5. The summed E-state index contributed by atoms with van der Waals surface area (Å²) in [6.07, 6.45) is 1.11. The minimum Gasteiger partial charge on any atom is -0.463 e. The van der Waals surface area contributed by atoms with Gasteiger partial charge >= 0.3 is 23.9 Å². The van der Waals surface area contributed by atoms with E-state index in [4.69, 9.17) is 18.9 Å². The van der Waals surface area contributed by atoms with Gasteiger partial charge in [0.05, 0.1) is 24.0 Å². The fourth-order valence-electron chi connectivity index (χ4n) is 9.85. The Bertz CT molecular complexity index is 1410. The Labute approximate surface area is 257 Å². The van der Waals surface area contributed by atoms with Crippen molar-refractivity contribution in [2.24, 2.45) is 22.7 Å². The highest BCUT2D eigenvalue weighted by molar-refractivity contribution is 5.98. The molecule has 0 aliphatic heterocycles. The third kappa shape index (κ3) is 3.45. The molecule has 10 atom stereocenters. The SMILES string of the molecule is CCCCOC(=O)C(C)OC(=O)C12C3c4ccccc4C4C5c6ccccc6C3C1C5(C(=O)O[C@@H](C)C(=O)OCCCC)C42. The number of rotatable bonds is 12. The van der Waals surface area contributed by atoms with Crippen LogP contribution >= 0.6 is 0 Å². The van der Waals surface area contributed by atoms with Gasteiger partial charge < -0.3 is 18.9 Å². The molecule has 232 valence electrons. The summed E-state index contributed by atoms with van der Waals surface area (Å²) < 4.78 is 22.6. The van der Waals surface area contributed by atoms with Crippen LogP contribution in [0.2, 0.25) is 0 Å². The van der Waals surface area contributed by atoms with Gasteiger partial charge in [0.15, 0.2) is 12.2 Å². The normalized spacial score (nSPS) is 33.5. The average Bonchev–Trinajstić information content (AvgIpc) is 2.98. The summed E-state index contributed by atoms with van der Waals surface area (Å²) in [5.41, 5.74) is 2.65. The van der Waals surface area contributed by atoms with Crippen LogP contribution in [0.3, 0.4) is 0 Å². The standard InChI is InChI=1S/C36H40O8/c1-5-7-17-41-31(37)19(3)43-33(39)35-27-23-15-11-9-13-21(23)26-28-24-16-12-10-14-22(24)25(27)29(35)36(28,30(26)35)34(40)44-20(4)32(38)42-18-8-6-2/h9-16,19-20,25-30H,5-8,17-18H2,1-4H3/t19-,20?,25?,26?,27?,28?,29?,30?,35?,36?/m0/s1. The van der Waals surface area contributed by atoms with Crippen LogP contribution in [0.1, 0.15) is 99.3 Å². The smallest absolute Gasteiger partial charge is 0.347 e. The van der Waals surface area contributed by atoms with Crippen LogP contribution in [-0.2, 0) is 38.1 Å². The largest absolute Gasteiger partial charge is 0.463 e. The van der Waals surface area contributed by atoms with E-state index in [9.17, 15) is 19.2 Å². The number of carbonyl (C=O) groups is 4. The van der Waals surface area contributed by atoms with E-state index in [2.05, 4.69) is 24.3 Å². The summed E-state index contributed by atoms with van der Waals surface area (Å²) in [5.74, 6) is -3.32. The zero-order valence-corrected chi connectivity index (χ0v) is 25.7. The molecule has 0 heterocycles. The van der Waals surface area contributed by atoms with E-state index in [1.165, 1.54) is 0 Å². The summed E-state index contributed by atoms with van der Waals surface area (Å²) in [5, 5.41) is 0. The molecule has 5 aliphatic rings. The first-order chi connectivity index (χ1) is 21.3. The van der Waals surface area contributed by atoms with Crippen LogP contribution in [-0.4, -0.2) is 49.3 Å². The maximum Gasteiger partial charge on any atom is 0.347 e. The lowest BCUT2D eigenvalue weighted by molar-refractivity contribution is -0.362. The van der Waals surface area contributed by atoms with Crippen molar-refractivity contribution in [1.82, 2.24) is 0 Å². The molecular formula is C36H40O8. The minimum absolute atomic E-state index is 0.0974. The van der Waals surface area contributed by atoms with Crippen LogP contribution < -0.4 is 0 Å². The Hall–Kier alpha value is -3.68. The van der Waals surface area contributed by atoms with E-state index in [0.29, 0.717) is 0 Å². The van der Waals surface area contributed by atoms with E-state index in [0.717, 1.165) is 47.9 Å². The lowest BCUT2D eigenvalue weighted by Crippen LogP contribution is -2.91. The van der Waals surface area contributed by atoms with Gasteiger partial charge in [-0.1, -0.05) is 75.2 Å². The number of esters is 4. The van der Waals surface area contributed by atoms with Crippen LogP contribution in [0.25, 0.3) is 0 Å². The molecule has 7 rings (SSSR count). The van der Waals surface area contributed by atoms with Crippen molar-refractivity contribution in [2.75, 3.05) is 13.2 Å². The fraction of sp³-hybridized carbons (Fsp3) is 0.556. The highest BCUT2D eigenvalue weighted by Gasteiger charge is 2.99. The number of hydrogen-bond donors (Lipinski definition) is 0. The van der Waals surface area contributed by atoms with Gasteiger partial charge in [-0.25, -0.2) is 9.59 Å². The first kappa shape index (κ1) is 29.1. The average molecular weight is 601 g/mol. The third-order valence-corrected chi connectivity index (χ3v) is 11.3. The summed E-state index contributed by atoms with van der Waals surface area (Å²) in [6, 6.07) is 16.5. The predicted molar refractivity (Wildman–Crippen MR) is 159 cm³/mol. The lowest BCUT2D eigenvalue weighted by atomic mass is 9.09. The summed E-state index contributed by atoms with van der Waals surface area (Å²) in [6.45, 7) is 7.68. The van der Waals surface area contributed by atoms with Crippen molar-refractivity contribution in [1.29, 1.82) is 0 Å². The summed E-state index contributed by atoms with van der Waals surface area (Å²) in [4.78, 5) is 54.3. The van der Waals surface area contributed by atoms with Crippen molar-refractivity contribution >= 4 is 23.9 Å². The Kier molecular flexibility index (Phi) is 6.90. The Morgan fingerprint density at radius 2 is 1.00 bits per heavy atom. The van der Waals surface area contributed by atoms with E-state index < -0.39 is 46.9 Å². The quantitative estimate of drug-likeness (QED) is 0.178. The zero-order valence-electron chi connectivity index (χ0n) is 25.7. The molecule has 44 heavy (non-hydrogen) atoms. The Morgan fingerprint density at radius 1 is 0.636 bits per heavy atom. The maximum absolute atomic E-state index is 14.4.